The van der Waals surface area contributed by atoms with Crippen LogP contribution in [0.1, 0.15) is 49.5 Å². The van der Waals surface area contributed by atoms with Gasteiger partial charge in [0.2, 0.25) is 5.91 Å². The lowest BCUT2D eigenvalue weighted by Crippen LogP contribution is -2.36. The van der Waals surface area contributed by atoms with Crippen LogP contribution < -0.4 is 14.8 Å². The Bertz CT molecular complexity index is 1300. The Morgan fingerprint density at radius 1 is 1.10 bits per heavy atom. The van der Waals surface area contributed by atoms with E-state index in [1.807, 2.05) is 20.8 Å². The topological polar surface area (TPSA) is 111 Å². The zero-order valence-corrected chi connectivity index (χ0v) is 24.8. The lowest BCUT2D eigenvalue weighted by atomic mass is 10.2. The van der Waals surface area contributed by atoms with Gasteiger partial charge in [-0.15, -0.1) is 0 Å². The molecule has 1 saturated heterocycles. The van der Waals surface area contributed by atoms with Crippen molar-refractivity contribution in [2.75, 3.05) is 31.7 Å². The summed E-state index contributed by atoms with van der Waals surface area (Å²) in [5, 5.41) is 2.20. The quantitative estimate of drug-likeness (QED) is 0.159. The average molecular weight is 640 g/mol. The number of halogens is 2. The third-order valence-corrected chi connectivity index (χ3v) is 7.12. The number of unbranched alkanes of at least 4 members (excludes halogenated alkanes) is 1. The molecule has 0 saturated carbocycles. The molecular weight excluding hydrogens is 612 g/mol. The number of nitrogens with zero attached hydrogens (tertiary/aromatic N) is 1. The Kier molecular flexibility index (Phi) is 11.3. The lowest BCUT2D eigenvalue weighted by Gasteiger charge is -2.14. The van der Waals surface area contributed by atoms with Gasteiger partial charge < -0.3 is 19.5 Å². The van der Waals surface area contributed by atoms with Crippen molar-refractivity contribution in [2.24, 2.45) is 0 Å². The van der Waals surface area contributed by atoms with Crippen LogP contribution in [0.4, 0.5) is 10.5 Å². The fourth-order valence-corrected chi connectivity index (χ4v) is 5.10. The minimum Gasteiger partial charge on any atom is -0.490 e. The van der Waals surface area contributed by atoms with Gasteiger partial charge in [-0.05, 0) is 89.9 Å². The van der Waals surface area contributed by atoms with Gasteiger partial charge in [-0.3, -0.25) is 19.3 Å². The number of carbonyl (C=O) groups is 4. The number of rotatable bonds is 12. The Morgan fingerprint density at radius 2 is 1.85 bits per heavy atom. The van der Waals surface area contributed by atoms with Crippen LogP contribution in [0.25, 0.3) is 6.08 Å². The SMILES string of the molecule is CCCCOC(=O)c1cc(NC(=O)CN2C(=O)S/C(=C/c3cc(Br)c(OCC)c(OCC)c3)C2=O)ccc1Cl. The third-order valence-electron chi connectivity index (χ3n) is 5.29. The summed E-state index contributed by atoms with van der Waals surface area (Å²) in [4.78, 5) is 51.6. The molecule has 0 unspecified atom stereocenters. The molecule has 0 bridgehead atoms. The number of ether oxygens (including phenoxy) is 3. The molecule has 2 aromatic rings. The van der Waals surface area contributed by atoms with E-state index in [0.29, 0.717) is 34.7 Å². The van der Waals surface area contributed by atoms with E-state index in [1.54, 1.807) is 18.2 Å². The normalized spacial score (nSPS) is 14.1. The van der Waals surface area contributed by atoms with E-state index in [-0.39, 0.29) is 27.8 Å². The molecule has 208 valence electrons. The molecule has 1 heterocycles. The predicted molar refractivity (Wildman–Crippen MR) is 154 cm³/mol. The van der Waals surface area contributed by atoms with Gasteiger partial charge >= 0.3 is 5.97 Å². The number of benzene rings is 2. The van der Waals surface area contributed by atoms with Crippen molar-refractivity contribution < 1.29 is 33.4 Å². The monoisotopic (exact) mass is 638 g/mol. The summed E-state index contributed by atoms with van der Waals surface area (Å²) >= 11 is 10.3. The molecular formula is C27H28BrClN2O7S. The van der Waals surface area contributed by atoms with Crippen LogP contribution in [0.2, 0.25) is 5.02 Å². The highest BCUT2D eigenvalue weighted by Crippen LogP contribution is 2.39. The summed E-state index contributed by atoms with van der Waals surface area (Å²) in [6.07, 6.45) is 3.14. The van der Waals surface area contributed by atoms with E-state index in [9.17, 15) is 19.2 Å². The summed E-state index contributed by atoms with van der Waals surface area (Å²) in [6, 6.07) is 7.82. The third kappa shape index (κ3) is 8.00. The van der Waals surface area contributed by atoms with E-state index in [4.69, 9.17) is 25.8 Å². The first-order valence-electron chi connectivity index (χ1n) is 12.3. The second-order valence-electron chi connectivity index (χ2n) is 8.20. The maximum Gasteiger partial charge on any atom is 0.339 e. The molecule has 1 fully saturated rings. The number of anilines is 1. The van der Waals surface area contributed by atoms with Crippen LogP contribution in [-0.2, 0) is 14.3 Å². The summed E-state index contributed by atoms with van der Waals surface area (Å²) in [6.45, 7) is 6.29. The van der Waals surface area contributed by atoms with E-state index in [1.165, 1.54) is 18.2 Å². The molecule has 0 radical (unpaired) electrons. The molecule has 3 amide bonds. The van der Waals surface area contributed by atoms with Crippen molar-refractivity contribution in [3.63, 3.8) is 0 Å². The standard InChI is InChI=1S/C27H28BrClN2O7S/c1-4-7-10-38-26(34)18-14-17(8-9-20(18)29)30-23(32)15-31-25(33)22(39-27(31)35)13-16-11-19(28)24(37-6-3)21(12-16)36-5-2/h8-9,11-14H,4-7,10,15H2,1-3H3,(H,30,32)/b22-13+. The van der Waals surface area contributed by atoms with Gasteiger partial charge in [0, 0.05) is 5.69 Å². The highest BCUT2D eigenvalue weighted by molar-refractivity contribution is 9.10. The van der Waals surface area contributed by atoms with Gasteiger partial charge in [0.15, 0.2) is 11.5 Å². The van der Waals surface area contributed by atoms with Crippen LogP contribution in [0.15, 0.2) is 39.7 Å². The first kappa shape index (κ1) is 30.5. The highest BCUT2D eigenvalue weighted by atomic mass is 79.9. The van der Waals surface area contributed by atoms with Crippen LogP contribution >= 0.6 is 39.3 Å². The Labute approximate surface area is 244 Å². The number of hydrogen-bond donors (Lipinski definition) is 1. The predicted octanol–water partition coefficient (Wildman–Crippen LogP) is 6.53. The molecule has 0 aromatic heterocycles. The molecule has 2 aromatic carbocycles. The second kappa shape index (κ2) is 14.4. The highest BCUT2D eigenvalue weighted by Gasteiger charge is 2.36. The summed E-state index contributed by atoms with van der Waals surface area (Å²) in [5.41, 5.74) is 0.993. The van der Waals surface area contributed by atoms with Crippen molar-refractivity contribution in [1.29, 1.82) is 0 Å². The molecule has 0 aliphatic carbocycles. The van der Waals surface area contributed by atoms with E-state index >= 15 is 0 Å². The van der Waals surface area contributed by atoms with Gasteiger partial charge in [-0.25, -0.2) is 4.79 Å². The summed E-state index contributed by atoms with van der Waals surface area (Å²) < 4.78 is 17.1. The fraction of sp³-hybridized carbons (Fsp3) is 0.333. The number of hydrogen-bond acceptors (Lipinski definition) is 8. The van der Waals surface area contributed by atoms with E-state index in [2.05, 4.69) is 21.2 Å². The van der Waals surface area contributed by atoms with Gasteiger partial charge in [-0.2, -0.15) is 0 Å². The maximum absolute atomic E-state index is 13.0. The molecule has 12 heteroatoms. The first-order valence-corrected chi connectivity index (χ1v) is 14.3. The van der Waals surface area contributed by atoms with Crippen molar-refractivity contribution in [1.82, 2.24) is 4.90 Å². The summed E-state index contributed by atoms with van der Waals surface area (Å²) in [7, 11) is 0. The molecule has 1 aliphatic heterocycles. The Hall–Kier alpha value is -3.02. The molecule has 0 spiro atoms. The number of nitrogens with one attached hydrogen (secondary N) is 1. The first-order chi connectivity index (χ1) is 18.7. The molecule has 0 atom stereocenters. The van der Waals surface area contributed by atoms with Crippen LogP contribution in [-0.4, -0.2) is 54.3 Å². The fourth-order valence-electron chi connectivity index (χ4n) is 3.50. The number of esters is 1. The number of imide groups is 1. The lowest BCUT2D eigenvalue weighted by molar-refractivity contribution is -0.127. The number of amides is 3. The molecule has 3 rings (SSSR count). The smallest absolute Gasteiger partial charge is 0.339 e. The number of thioether (sulfide) groups is 1. The maximum atomic E-state index is 13.0. The Morgan fingerprint density at radius 3 is 2.54 bits per heavy atom. The van der Waals surface area contributed by atoms with Crippen molar-refractivity contribution >= 4 is 74.1 Å². The summed E-state index contributed by atoms with van der Waals surface area (Å²) in [5.74, 6) is -0.780. The minimum atomic E-state index is -0.617. The van der Waals surface area contributed by atoms with Gasteiger partial charge in [0.1, 0.15) is 6.54 Å². The van der Waals surface area contributed by atoms with Crippen LogP contribution in [0.5, 0.6) is 11.5 Å². The van der Waals surface area contributed by atoms with Crippen LogP contribution in [0, 0.1) is 0 Å². The molecule has 1 N–H and O–H groups in total. The Balaban J connectivity index is 1.71. The molecule has 1 aliphatic rings. The van der Waals surface area contributed by atoms with E-state index < -0.39 is 29.6 Å². The van der Waals surface area contributed by atoms with E-state index in [0.717, 1.165) is 29.5 Å². The number of carbonyl (C=O) groups excluding carboxylic acids is 4. The minimum absolute atomic E-state index is 0.104. The molecule has 9 nitrogen and oxygen atoms in total. The van der Waals surface area contributed by atoms with Gasteiger partial charge in [0.05, 0.1) is 39.8 Å². The zero-order valence-electron chi connectivity index (χ0n) is 21.7. The van der Waals surface area contributed by atoms with Crippen molar-refractivity contribution in [3.05, 3.63) is 55.9 Å². The van der Waals surface area contributed by atoms with Crippen molar-refractivity contribution in [3.8, 4) is 11.5 Å². The molecule has 39 heavy (non-hydrogen) atoms. The average Bonchev–Trinajstić information content (AvgIpc) is 3.14. The zero-order chi connectivity index (χ0) is 28.5. The van der Waals surface area contributed by atoms with Crippen molar-refractivity contribution in [2.45, 2.75) is 33.6 Å². The second-order valence-corrected chi connectivity index (χ2v) is 10.5. The largest absolute Gasteiger partial charge is 0.490 e. The van der Waals surface area contributed by atoms with Gasteiger partial charge in [-0.1, -0.05) is 24.9 Å². The van der Waals surface area contributed by atoms with Gasteiger partial charge in [0.25, 0.3) is 11.1 Å². The van der Waals surface area contributed by atoms with Crippen LogP contribution in [0.3, 0.4) is 0 Å².